The molecule has 1 aromatic carbocycles. The third-order valence-electron chi connectivity index (χ3n) is 2.93. The first kappa shape index (κ1) is 12.1. The van der Waals surface area contributed by atoms with Gasteiger partial charge in [-0.05, 0) is 36.6 Å². The molecule has 0 radical (unpaired) electrons. The summed E-state index contributed by atoms with van der Waals surface area (Å²) in [5.41, 5.74) is 2.02. The van der Waals surface area contributed by atoms with Gasteiger partial charge in [-0.1, -0.05) is 12.6 Å². The van der Waals surface area contributed by atoms with E-state index in [1.807, 2.05) is 18.0 Å². The van der Waals surface area contributed by atoms with Gasteiger partial charge in [0, 0.05) is 31.9 Å². The average Bonchev–Trinajstić information content (AvgIpc) is 3.10. The highest BCUT2D eigenvalue weighted by atomic mass is 19.1. The van der Waals surface area contributed by atoms with Crippen molar-refractivity contribution < 1.29 is 4.39 Å². The number of anilines is 1. The molecule has 0 aliphatic heterocycles. The van der Waals surface area contributed by atoms with Crippen molar-refractivity contribution in [3.05, 3.63) is 42.2 Å². The molecule has 1 N–H and O–H groups in total. The normalized spacial score (nSPS) is 14.7. The quantitative estimate of drug-likeness (QED) is 0.761. The van der Waals surface area contributed by atoms with Crippen LogP contribution in [0.25, 0.3) is 0 Å². The number of halogens is 1. The standard InChI is InChI=1S/C14H19FN2/c1-11(9-16-13-6-7-13)10-17(2)14-5-3-4-12(15)8-14/h3-5,8,13,16H,1,6-7,9-10H2,2H3. The highest BCUT2D eigenvalue weighted by Gasteiger charge is 2.20. The van der Waals surface area contributed by atoms with Gasteiger partial charge in [0.2, 0.25) is 0 Å². The third-order valence-corrected chi connectivity index (χ3v) is 2.93. The Bertz CT molecular complexity index is 399. The van der Waals surface area contributed by atoms with Crippen LogP contribution < -0.4 is 10.2 Å². The summed E-state index contributed by atoms with van der Waals surface area (Å²) in [5.74, 6) is -0.198. The van der Waals surface area contributed by atoms with Gasteiger partial charge in [0.15, 0.2) is 0 Å². The van der Waals surface area contributed by atoms with Gasteiger partial charge in [-0.3, -0.25) is 0 Å². The number of nitrogens with one attached hydrogen (secondary N) is 1. The maximum absolute atomic E-state index is 13.1. The second kappa shape index (κ2) is 5.32. The van der Waals surface area contributed by atoms with Gasteiger partial charge in [0.05, 0.1) is 0 Å². The van der Waals surface area contributed by atoms with Crippen LogP contribution in [0.15, 0.2) is 36.4 Å². The zero-order valence-corrected chi connectivity index (χ0v) is 10.2. The van der Waals surface area contributed by atoms with Crippen molar-refractivity contribution in [2.75, 3.05) is 25.0 Å². The van der Waals surface area contributed by atoms with Gasteiger partial charge in [-0.15, -0.1) is 0 Å². The highest BCUT2D eigenvalue weighted by molar-refractivity contribution is 5.46. The van der Waals surface area contributed by atoms with Gasteiger partial charge >= 0.3 is 0 Å². The van der Waals surface area contributed by atoms with E-state index in [9.17, 15) is 4.39 Å². The minimum atomic E-state index is -0.198. The van der Waals surface area contributed by atoms with Gasteiger partial charge in [0.1, 0.15) is 5.82 Å². The molecule has 2 nitrogen and oxygen atoms in total. The van der Waals surface area contributed by atoms with Crippen molar-refractivity contribution in [2.45, 2.75) is 18.9 Å². The maximum Gasteiger partial charge on any atom is 0.125 e. The lowest BCUT2D eigenvalue weighted by molar-refractivity contribution is 0.627. The molecule has 1 aromatic rings. The molecule has 0 amide bonds. The van der Waals surface area contributed by atoms with E-state index in [1.54, 1.807) is 12.1 Å². The summed E-state index contributed by atoms with van der Waals surface area (Å²) in [6.07, 6.45) is 2.57. The fourth-order valence-corrected chi connectivity index (χ4v) is 1.77. The van der Waals surface area contributed by atoms with E-state index >= 15 is 0 Å². The lowest BCUT2D eigenvalue weighted by atomic mass is 10.2. The van der Waals surface area contributed by atoms with Crippen molar-refractivity contribution in [1.82, 2.24) is 5.32 Å². The van der Waals surface area contributed by atoms with Gasteiger partial charge in [-0.25, -0.2) is 4.39 Å². The Labute approximate surface area is 102 Å². The van der Waals surface area contributed by atoms with Crippen LogP contribution >= 0.6 is 0 Å². The highest BCUT2D eigenvalue weighted by Crippen LogP contribution is 2.19. The first-order chi connectivity index (χ1) is 8.15. The van der Waals surface area contributed by atoms with E-state index in [0.29, 0.717) is 6.04 Å². The molecule has 0 saturated heterocycles. The molecule has 1 fully saturated rings. The van der Waals surface area contributed by atoms with Crippen LogP contribution in [0.3, 0.4) is 0 Å². The monoisotopic (exact) mass is 234 g/mol. The molecule has 1 saturated carbocycles. The largest absolute Gasteiger partial charge is 0.370 e. The first-order valence-corrected chi connectivity index (χ1v) is 6.02. The summed E-state index contributed by atoms with van der Waals surface area (Å²) in [6.45, 7) is 5.65. The second-order valence-electron chi connectivity index (χ2n) is 4.74. The van der Waals surface area contributed by atoms with Crippen molar-refractivity contribution in [3.63, 3.8) is 0 Å². The second-order valence-corrected chi connectivity index (χ2v) is 4.74. The molecule has 1 aliphatic carbocycles. The summed E-state index contributed by atoms with van der Waals surface area (Å²) in [5, 5.41) is 3.42. The minimum absolute atomic E-state index is 0.198. The molecular weight excluding hydrogens is 215 g/mol. The third kappa shape index (κ3) is 3.86. The van der Waals surface area contributed by atoms with Crippen LogP contribution in [0, 0.1) is 5.82 Å². The van der Waals surface area contributed by atoms with E-state index in [0.717, 1.165) is 24.4 Å². The summed E-state index contributed by atoms with van der Waals surface area (Å²) in [7, 11) is 1.96. The van der Waals surface area contributed by atoms with Gasteiger partial charge < -0.3 is 10.2 Å². The number of likely N-dealkylation sites (N-methyl/N-ethyl adjacent to an activating group) is 1. The van der Waals surface area contributed by atoms with Crippen molar-refractivity contribution in [2.24, 2.45) is 0 Å². The molecule has 2 rings (SSSR count). The van der Waals surface area contributed by atoms with Gasteiger partial charge in [-0.2, -0.15) is 0 Å². The van der Waals surface area contributed by atoms with Crippen molar-refractivity contribution in [1.29, 1.82) is 0 Å². The Morgan fingerprint density at radius 2 is 2.29 bits per heavy atom. The molecular formula is C14H19FN2. The Balaban J connectivity index is 1.82. The minimum Gasteiger partial charge on any atom is -0.370 e. The van der Waals surface area contributed by atoms with E-state index in [2.05, 4.69) is 11.9 Å². The number of benzene rings is 1. The lowest BCUT2D eigenvalue weighted by Gasteiger charge is -2.21. The number of hydrogen-bond donors (Lipinski definition) is 1. The predicted molar refractivity (Wildman–Crippen MR) is 69.8 cm³/mol. The molecule has 0 atom stereocenters. The molecule has 3 heteroatoms. The predicted octanol–water partition coefficient (Wildman–Crippen LogP) is 2.57. The van der Waals surface area contributed by atoms with Gasteiger partial charge in [0.25, 0.3) is 0 Å². The van der Waals surface area contributed by atoms with E-state index in [1.165, 1.54) is 18.9 Å². The van der Waals surface area contributed by atoms with Crippen LogP contribution in [-0.2, 0) is 0 Å². The van der Waals surface area contributed by atoms with Crippen LogP contribution in [0.4, 0.5) is 10.1 Å². The Morgan fingerprint density at radius 1 is 1.53 bits per heavy atom. The number of nitrogens with zero attached hydrogens (tertiary/aromatic N) is 1. The smallest absolute Gasteiger partial charge is 0.125 e. The summed E-state index contributed by atoms with van der Waals surface area (Å²) in [6, 6.07) is 7.34. The molecule has 17 heavy (non-hydrogen) atoms. The molecule has 1 aliphatic rings. The van der Waals surface area contributed by atoms with Crippen LogP contribution in [-0.4, -0.2) is 26.2 Å². The first-order valence-electron chi connectivity index (χ1n) is 6.02. The molecule has 0 unspecified atom stereocenters. The summed E-state index contributed by atoms with van der Waals surface area (Å²) in [4.78, 5) is 2.01. The fourth-order valence-electron chi connectivity index (χ4n) is 1.77. The van der Waals surface area contributed by atoms with Crippen LogP contribution in [0.5, 0.6) is 0 Å². The Kier molecular flexibility index (Phi) is 3.79. The maximum atomic E-state index is 13.1. The van der Waals surface area contributed by atoms with Crippen LogP contribution in [0.2, 0.25) is 0 Å². The Morgan fingerprint density at radius 3 is 2.94 bits per heavy atom. The zero-order valence-electron chi connectivity index (χ0n) is 10.2. The van der Waals surface area contributed by atoms with E-state index in [-0.39, 0.29) is 5.82 Å². The van der Waals surface area contributed by atoms with Crippen molar-refractivity contribution >= 4 is 5.69 Å². The summed E-state index contributed by atoms with van der Waals surface area (Å²) >= 11 is 0. The average molecular weight is 234 g/mol. The van der Waals surface area contributed by atoms with Crippen LogP contribution in [0.1, 0.15) is 12.8 Å². The SMILES string of the molecule is C=C(CNC1CC1)CN(C)c1cccc(F)c1. The van der Waals surface area contributed by atoms with E-state index < -0.39 is 0 Å². The topological polar surface area (TPSA) is 15.3 Å². The Hall–Kier alpha value is -1.35. The van der Waals surface area contributed by atoms with Crippen molar-refractivity contribution in [3.8, 4) is 0 Å². The number of rotatable bonds is 6. The molecule has 0 bridgehead atoms. The number of hydrogen-bond acceptors (Lipinski definition) is 2. The lowest BCUT2D eigenvalue weighted by Crippen LogP contribution is -2.26. The molecule has 0 spiro atoms. The molecule has 0 heterocycles. The molecule has 92 valence electrons. The molecule has 0 aromatic heterocycles. The van der Waals surface area contributed by atoms with E-state index in [4.69, 9.17) is 0 Å². The summed E-state index contributed by atoms with van der Waals surface area (Å²) < 4.78 is 13.1. The fraction of sp³-hybridized carbons (Fsp3) is 0.429. The zero-order chi connectivity index (χ0) is 12.3.